The van der Waals surface area contributed by atoms with Crippen LogP contribution in [0.4, 0.5) is 23.7 Å². The molecule has 0 radical (unpaired) electrons. The number of hydrogen-bond acceptors (Lipinski definition) is 7. The zero-order chi connectivity index (χ0) is 33.1. The van der Waals surface area contributed by atoms with Crippen LogP contribution in [0.5, 0.6) is 0 Å². The number of anilines is 1. The topological polar surface area (TPSA) is 120 Å². The minimum Gasteiger partial charge on any atom is -0.460 e. The molecule has 2 aromatic carbocycles. The van der Waals surface area contributed by atoms with Crippen LogP contribution in [-0.2, 0) is 30.0 Å². The van der Waals surface area contributed by atoms with Crippen molar-refractivity contribution >= 4 is 29.6 Å². The van der Waals surface area contributed by atoms with E-state index in [4.69, 9.17) is 9.47 Å². The first-order chi connectivity index (χ1) is 21.1. The van der Waals surface area contributed by atoms with Crippen LogP contribution in [0.1, 0.15) is 63.3 Å². The zero-order valence-corrected chi connectivity index (χ0v) is 25.3. The van der Waals surface area contributed by atoms with E-state index in [-0.39, 0.29) is 36.0 Å². The number of ether oxygens (including phenoxy) is 2. The number of carbonyl (C=O) groups is 4. The van der Waals surface area contributed by atoms with Gasteiger partial charge in [-0.15, -0.1) is 0 Å². The van der Waals surface area contributed by atoms with E-state index >= 15 is 0 Å². The van der Waals surface area contributed by atoms with Gasteiger partial charge in [-0.25, -0.2) is 9.59 Å². The third kappa shape index (κ3) is 7.63. The molecule has 13 heteroatoms. The van der Waals surface area contributed by atoms with Crippen LogP contribution in [0.2, 0.25) is 0 Å². The molecular weight excluding hydrogens is 593 g/mol. The Bertz CT molecular complexity index is 1560. The number of carbonyl (C=O) groups excluding carboxylic acids is 4. The van der Waals surface area contributed by atoms with Crippen molar-refractivity contribution in [2.24, 2.45) is 0 Å². The van der Waals surface area contributed by atoms with Gasteiger partial charge in [-0.05, 0) is 70.0 Å². The summed E-state index contributed by atoms with van der Waals surface area (Å²) < 4.78 is 52.0. The van der Waals surface area contributed by atoms with E-state index < -0.39 is 47.9 Å². The lowest BCUT2D eigenvalue weighted by atomic mass is 9.92. The summed E-state index contributed by atoms with van der Waals surface area (Å²) >= 11 is 0. The van der Waals surface area contributed by atoms with E-state index in [0.29, 0.717) is 30.5 Å². The summed E-state index contributed by atoms with van der Waals surface area (Å²) in [5, 5.41) is 9.31. The van der Waals surface area contributed by atoms with Crippen LogP contribution in [0.25, 0.3) is 0 Å². The molecule has 0 spiro atoms. The van der Waals surface area contributed by atoms with Crippen LogP contribution < -0.4 is 4.90 Å². The number of allylic oxidation sites excluding steroid dienone is 1. The maximum Gasteiger partial charge on any atom is 0.416 e. The van der Waals surface area contributed by atoms with Crippen LogP contribution in [0.3, 0.4) is 0 Å². The monoisotopic (exact) mass is 626 g/mol. The molecule has 1 atom stereocenters. The molecule has 0 saturated carbocycles. The summed E-state index contributed by atoms with van der Waals surface area (Å²) in [5.41, 5.74) is -1.63. The molecule has 0 N–H and O–H groups in total. The molecule has 1 saturated heterocycles. The molecule has 45 heavy (non-hydrogen) atoms. The molecule has 238 valence electrons. The molecule has 3 amide bonds. The van der Waals surface area contributed by atoms with Crippen molar-refractivity contribution in [1.29, 1.82) is 5.26 Å². The Morgan fingerprint density at radius 3 is 2.33 bits per heavy atom. The fraction of sp³-hybridized carbons (Fsp3) is 0.406. The fourth-order valence-corrected chi connectivity index (χ4v) is 5.27. The minimum absolute atomic E-state index is 0.0172. The summed E-state index contributed by atoms with van der Waals surface area (Å²) in [5.74, 6) is -1.79. The normalized spacial score (nSPS) is 17.5. The predicted molar refractivity (Wildman–Crippen MR) is 155 cm³/mol. The number of nitrogens with zero attached hydrogens (tertiary/aromatic N) is 4. The maximum atomic E-state index is 14.2. The highest BCUT2D eigenvalue weighted by Crippen LogP contribution is 2.41. The molecule has 2 heterocycles. The molecule has 2 aromatic rings. The van der Waals surface area contributed by atoms with Crippen molar-refractivity contribution in [3.8, 4) is 6.07 Å². The molecule has 4 rings (SSSR count). The molecule has 1 fully saturated rings. The summed E-state index contributed by atoms with van der Waals surface area (Å²) in [4.78, 5) is 56.7. The van der Waals surface area contributed by atoms with Gasteiger partial charge >= 0.3 is 24.1 Å². The Morgan fingerprint density at radius 2 is 1.76 bits per heavy atom. The average Bonchev–Trinajstić information content (AvgIpc) is 3.37. The highest BCUT2D eigenvalue weighted by Gasteiger charge is 2.45. The molecule has 10 nitrogen and oxygen atoms in total. The van der Waals surface area contributed by atoms with E-state index in [2.05, 4.69) is 0 Å². The Kier molecular flexibility index (Phi) is 9.56. The van der Waals surface area contributed by atoms with Gasteiger partial charge in [-0.1, -0.05) is 18.2 Å². The number of esters is 2. The van der Waals surface area contributed by atoms with E-state index in [1.54, 1.807) is 25.7 Å². The number of nitriles is 1. The lowest BCUT2D eigenvalue weighted by Gasteiger charge is -2.42. The lowest BCUT2D eigenvalue weighted by Crippen LogP contribution is -2.53. The van der Waals surface area contributed by atoms with Gasteiger partial charge in [0.15, 0.2) is 0 Å². The Labute approximate surface area is 258 Å². The summed E-state index contributed by atoms with van der Waals surface area (Å²) in [7, 11) is 0. The second kappa shape index (κ2) is 13.0. The minimum atomic E-state index is -4.72. The van der Waals surface area contributed by atoms with Crippen molar-refractivity contribution in [2.75, 3.05) is 31.1 Å². The Morgan fingerprint density at radius 1 is 1.07 bits per heavy atom. The summed E-state index contributed by atoms with van der Waals surface area (Å²) in [6.07, 6.45) is -3.64. The van der Waals surface area contributed by atoms with E-state index in [1.807, 2.05) is 6.07 Å². The number of alkyl halides is 3. The van der Waals surface area contributed by atoms with Crippen LogP contribution in [0.15, 0.2) is 59.8 Å². The van der Waals surface area contributed by atoms with E-state index in [1.165, 1.54) is 37.3 Å². The van der Waals surface area contributed by atoms with Crippen molar-refractivity contribution in [2.45, 2.75) is 58.4 Å². The number of hydrogen-bond donors (Lipinski definition) is 0. The second-order valence-electron chi connectivity index (χ2n) is 11.6. The molecule has 0 aliphatic carbocycles. The summed E-state index contributed by atoms with van der Waals surface area (Å²) in [6, 6.07) is 9.90. The van der Waals surface area contributed by atoms with Gasteiger partial charge in [0.05, 0.1) is 41.0 Å². The molecule has 0 aromatic heterocycles. The molecule has 2 aliphatic rings. The quantitative estimate of drug-likeness (QED) is 0.363. The van der Waals surface area contributed by atoms with Gasteiger partial charge in [0, 0.05) is 18.7 Å². The average molecular weight is 627 g/mol. The second-order valence-corrected chi connectivity index (χ2v) is 11.6. The van der Waals surface area contributed by atoms with Gasteiger partial charge in [0.2, 0.25) is 5.91 Å². The van der Waals surface area contributed by atoms with Crippen LogP contribution >= 0.6 is 0 Å². The number of likely N-dealkylation sites (tertiary alicyclic amines) is 1. The smallest absolute Gasteiger partial charge is 0.416 e. The first kappa shape index (κ1) is 33.0. The van der Waals surface area contributed by atoms with Crippen molar-refractivity contribution in [3.05, 3.63) is 76.5 Å². The number of urea groups is 1. The third-order valence-electron chi connectivity index (χ3n) is 7.24. The fourth-order valence-electron chi connectivity index (χ4n) is 5.27. The zero-order valence-electron chi connectivity index (χ0n) is 25.3. The lowest BCUT2D eigenvalue weighted by molar-refractivity contribution is -0.156. The first-order valence-corrected chi connectivity index (χ1v) is 14.3. The number of benzene rings is 2. The van der Waals surface area contributed by atoms with E-state index in [9.17, 15) is 37.6 Å². The SMILES string of the molecule is CC1=C(C(=O)OCCN2CCCC2=O)C(c2ccc(C#N)cc2)N(CC(=O)OC(C)(C)C)C(=O)N1c1cccc(C(F)(F)F)c1. The van der Waals surface area contributed by atoms with E-state index in [0.717, 1.165) is 28.0 Å². The van der Waals surface area contributed by atoms with Gasteiger partial charge in [-0.2, -0.15) is 18.4 Å². The Balaban J connectivity index is 1.84. The first-order valence-electron chi connectivity index (χ1n) is 14.3. The van der Waals surface area contributed by atoms with Crippen LogP contribution in [0, 0.1) is 11.3 Å². The largest absolute Gasteiger partial charge is 0.460 e. The number of halogens is 3. The highest BCUT2D eigenvalue weighted by molar-refractivity contribution is 6.04. The van der Waals surface area contributed by atoms with Gasteiger partial charge in [0.1, 0.15) is 18.8 Å². The number of amides is 3. The van der Waals surface area contributed by atoms with Crippen LogP contribution in [-0.4, -0.2) is 65.5 Å². The predicted octanol–water partition coefficient (Wildman–Crippen LogP) is 5.34. The third-order valence-corrected chi connectivity index (χ3v) is 7.24. The van der Waals surface area contributed by atoms with Crippen molar-refractivity contribution < 1.29 is 41.8 Å². The van der Waals surface area contributed by atoms with Gasteiger partial charge < -0.3 is 19.3 Å². The van der Waals surface area contributed by atoms with Crippen molar-refractivity contribution in [3.63, 3.8) is 0 Å². The van der Waals surface area contributed by atoms with Gasteiger partial charge in [-0.3, -0.25) is 14.5 Å². The number of rotatable bonds is 8. The molecule has 1 unspecified atom stereocenters. The van der Waals surface area contributed by atoms with Crippen molar-refractivity contribution in [1.82, 2.24) is 9.80 Å². The molecular formula is C32H33F3N4O6. The van der Waals surface area contributed by atoms with Gasteiger partial charge in [0.25, 0.3) is 0 Å². The Hall–Kier alpha value is -4.86. The summed E-state index contributed by atoms with van der Waals surface area (Å²) in [6.45, 7) is 6.12. The molecule has 0 bridgehead atoms. The molecule has 2 aliphatic heterocycles. The standard InChI is InChI=1S/C32H33F3N4O6/c1-20-27(29(42)44-16-15-37-14-6-9-25(37)40)28(22-12-10-21(18-36)11-13-22)38(19-26(41)45-31(2,3)4)30(43)39(20)24-8-5-7-23(17-24)32(33,34)35/h5,7-8,10-13,17,28H,6,9,14-16,19H2,1-4H3. The maximum absolute atomic E-state index is 14.2. The highest BCUT2D eigenvalue weighted by atomic mass is 19.4.